The molecule has 1 aromatic carbocycles. The van der Waals surface area contributed by atoms with Gasteiger partial charge in [-0.25, -0.2) is 9.37 Å². The summed E-state index contributed by atoms with van der Waals surface area (Å²) in [7, 11) is 0. The van der Waals surface area contributed by atoms with E-state index in [9.17, 15) is 14.4 Å². The normalized spacial score (nSPS) is 25.5. The molecule has 2 aliphatic heterocycles. The number of hydrogen-bond donors (Lipinski definition) is 1. The third-order valence-corrected chi connectivity index (χ3v) is 8.97. The van der Waals surface area contributed by atoms with Crippen LogP contribution < -0.4 is 5.32 Å². The largest absolute Gasteiger partial charge is 0.339 e. The summed E-state index contributed by atoms with van der Waals surface area (Å²) in [6.07, 6.45) is 4.55. The molecular formula is C31H31FN4O3. The Morgan fingerprint density at radius 2 is 2.00 bits per heavy atom. The van der Waals surface area contributed by atoms with Crippen LogP contribution in [0, 0.1) is 18.7 Å². The van der Waals surface area contributed by atoms with Crippen LogP contribution in [0.1, 0.15) is 70.9 Å². The van der Waals surface area contributed by atoms with Gasteiger partial charge in [0.05, 0.1) is 5.41 Å². The van der Waals surface area contributed by atoms with E-state index in [-0.39, 0.29) is 41.8 Å². The zero-order chi connectivity index (χ0) is 27.5. The van der Waals surface area contributed by atoms with Gasteiger partial charge < -0.3 is 10.2 Å². The molecule has 0 bridgehead atoms. The van der Waals surface area contributed by atoms with Gasteiger partial charge in [-0.15, -0.1) is 0 Å². The van der Waals surface area contributed by atoms with Gasteiger partial charge in [-0.05, 0) is 62.4 Å². The molecule has 2 amide bonds. The summed E-state index contributed by atoms with van der Waals surface area (Å²) in [6, 6.07) is 10.8. The van der Waals surface area contributed by atoms with Gasteiger partial charge in [-0.3, -0.25) is 19.4 Å². The number of ketones is 1. The number of nitrogens with one attached hydrogen (secondary N) is 1. The van der Waals surface area contributed by atoms with Crippen molar-refractivity contribution in [1.29, 1.82) is 0 Å². The Morgan fingerprint density at radius 3 is 2.79 bits per heavy atom. The Hall–Kier alpha value is -3.94. The van der Waals surface area contributed by atoms with E-state index in [2.05, 4.69) is 15.3 Å². The molecule has 1 spiro atoms. The van der Waals surface area contributed by atoms with Crippen molar-refractivity contribution in [3.8, 4) is 0 Å². The molecule has 200 valence electrons. The number of halogens is 1. The first-order valence-corrected chi connectivity index (χ1v) is 13.6. The van der Waals surface area contributed by atoms with Crippen LogP contribution in [-0.4, -0.2) is 45.1 Å². The van der Waals surface area contributed by atoms with Crippen LogP contribution in [0.25, 0.3) is 0 Å². The Morgan fingerprint density at radius 1 is 1.18 bits per heavy atom. The molecule has 1 N–H and O–H groups in total. The third kappa shape index (κ3) is 3.96. The van der Waals surface area contributed by atoms with Crippen molar-refractivity contribution in [3.05, 3.63) is 88.1 Å². The molecule has 3 aromatic rings. The Labute approximate surface area is 226 Å². The molecule has 4 heterocycles. The fourth-order valence-electron chi connectivity index (χ4n) is 6.82. The number of Topliss-reactive ketones (excluding diaryl/α,β-unsaturated/α-hetero) is 1. The minimum Gasteiger partial charge on any atom is -0.339 e. The van der Waals surface area contributed by atoms with E-state index in [0.717, 1.165) is 16.8 Å². The third-order valence-electron chi connectivity index (χ3n) is 8.97. The number of rotatable bonds is 5. The minimum atomic E-state index is -0.761. The lowest BCUT2D eigenvalue weighted by Crippen LogP contribution is -2.50. The number of likely N-dealkylation sites (N-methyl/N-ethyl adjacent to an activating group) is 1. The highest BCUT2D eigenvalue weighted by molar-refractivity contribution is 6.06. The van der Waals surface area contributed by atoms with Gasteiger partial charge in [-0.2, -0.15) is 0 Å². The second-order valence-corrected chi connectivity index (χ2v) is 11.1. The summed E-state index contributed by atoms with van der Waals surface area (Å²) in [5.41, 5.74) is 3.37. The van der Waals surface area contributed by atoms with E-state index in [4.69, 9.17) is 0 Å². The maximum absolute atomic E-state index is 15.1. The number of anilines is 1. The van der Waals surface area contributed by atoms with Crippen molar-refractivity contribution >= 4 is 23.4 Å². The minimum absolute atomic E-state index is 0.0326. The number of piperidine rings is 1. The van der Waals surface area contributed by atoms with Gasteiger partial charge in [0, 0.05) is 66.5 Å². The molecule has 8 heteroatoms. The lowest BCUT2D eigenvalue weighted by atomic mass is 9.76. The van der Waals surface area contributed by atoms with Gasteiger partial charge >= 0.3 is 0 Å². The SMILES string of the molecule is CCN1C(=O)[C@@H](CC(=O)c2cnc3c(c2)C[C@@]2(C3)C(=O)Nc3ncccc32)C[C@@H](c2cccc(C)c2F)[C@H]1C. The van der Waals surface area contributed by atoms with Crippen molar-refractivity contribution in [2.75, 3.05) is 11.9 Å². The number of aryl methyl sites for hydroxylation is 1. The lowest BCUT2D eigenvalue weighted by Gasteiger charge is -2.42. The first kappa shape index (κ1) is 25.3. The standard InChI is InChI=1S/C31H31FN4O3/c1-4-36-18(3)23(22-8-5-7-17(2)27(22)32)12-19(29(36)38)13-26(37)21-11-20-14-31(15-25(20)34-16-21)24-9-6-10-33-28(24)35-30(31)39/h5-11,16,18-19,23H,4,12-15H2,1-3H3,(H,33,35,39)/t18-,19-,23-,31+/m1/s1. The summed E-state index contributed by atoms with van der Waals surface area (Å²) in [6.45, 7) is 6.11. The molecule has 3 aliphatic rings. The Bertz CT molecular complexity index is 1520. The molecule has 0 radical (unpaired) electrons. The van der Waals surface area contributed by atoms with E-state index in [1.54, 1.807) is 36.4 Å². The molecule has 2 aromatic heterocycles. The zero-order valence-corrected chi connectivity index (χ0v) is 22.3. The van der Waals surface area contributed by atoms with Crippen molar-refractivity contribution in [2.45, 2.75) is 63.8 Å². The van der Waals surface area contributed by atoms with Crippen LogP contribution in [-0.2, 0) is 27.8 Å². The van der Waals surface area contributed by atoms with E-state index >= 15 is 4.39 Å². The predicted octanol–water partition coefficient (Wildman–Crippen LogP) is 4.53. The van der Waals surface area contributed by atoms with Crippen LogP contribution in [0.3, 0.4) is 0 Å². The average molecular weight is 527 g/mol. The van der Waals surface area contributed by atoms with Gasteiger partial charge in [0.15, 0.2) is 5.78 Å². The molecule has 39 heavy (non-hydrogen) atoms. The molecule has 1 aliphatic carbocycles. The van der Waals surface area contributed by atoms with Gasteiger partial charge in [0.1, 0.15) is 11.6 Å². The Balaban J connectivity index is 1.25. The van der Waals surface area contributed by atoms with Crippen molar-refractivity contribution in [2.24, 2.45) is 5.92 Å². The monoisotopic (exact) mass is 526 g/mol. The van der Waals surface area contributed by atoms with Crippen LogP contribution in [0.5, 0.6) is 0 Å². The number of aromatic nitrogens is 2. The Kier molecular flexibility index (Phi) is 6.08. The number of nitrogens with zero attached hydrogens (tertiary/aromatic N) is 3. The molecule has 7 nitrogen and oxygen atoms in total. The van der Waals surface area contributed by atoms with E-state index in [0.29, 0.717) is 48.3 Å². The molecule has 1 fully saturated rings. The second kappa shape index (κ2) is 9.36. The fraction of sp³-hybridized carbons (Fsp3) is 0.387. The van der Waals surface area contributed by atoms with Crippen molar-refractivity contribution < 1.29 is 18.8 Å². The smallest absolute Gasteiger partial charge is 0.237 e. The number of likely N-dealkylation sites (tertiary alicyclic amines) is 1. The van der Waals surface area contributed by atoms with Gasteiger partial charge in [-0.1, -0.05) is 24.3 Å². The number of benzene rings is 1. The highest BCUT2D eigenvalue weighted by Crippen LogP contribution is 2.46. The number of carbonyl (C=O) groups excluding carboxylic acids is 3. The summed E-state index contributed by atoms with van der Waals surface area (Å²) < 4.78 is 15.1. The van der Waals surface area contributed by atoms with Crippen LogP contribution >= 0.6 is 0 Å². The van der Waals surface area contributed by atoms with Crippen molar-refractivity contribution in [1.82, 2.24) is 14.9 Å². The molecule has 1 saturated heterocycles. The fourth-order valence-corrected chi connectivity index (χ4v) is 6.82. The highest BCUT2D eigenvalue weighted by atomic mass is 19.1. The molecular weight excluding hydrogens is 495 g/mol. The molecule has 0 saturated carbocycles. The molecule has 6 rings (SSSR count). The first-order chi connectivity index (χ1) is 18.7. The predicted molar refractivity (Wildman–Crippen MR) is 144 cm³/mol. The number of carbonyl (C=O) groups is 3. The van der Waals surface area contributed by atoms with E-state index in [1.165, 1.54) is 0 Å². The maximum atomic E-state index is 15.1. The van der Waals surface area contributed by atoms with E-state index in [1.807, 2.05) is 38.1 Å². The van der Waals surface area contributed by atoms with Gasteiger partial charge in [0.2, 0.25) is 11.8 Å². The van der Waals surface area contributed by atoms with Crippen LogP contribution in [0.4, 0.5) is 10.2 Å². The highest BCUT2D eigenvalue weighted by Gasteiger charge is 2.51. The number of fused-ring (bicyclic) bond motifs is 3. The van der Waals surface area contributed by atoms with Crippen LogP contribution in [0.15, 0.2) is 48.8 Å². The lowest BCUT2D eigenvalue weighted by molar-refractivity contribution is -0.142. The summed E-state index contributed by atoms with van der Waals surface area (Å²) in [5.74, 6) is -0.743. The number of pyridine rings is 2. The first-order valence-electron chi connectivity index (χ1n) is 13.6. The molecule has 4 atom stereocenters. The van der Waals surface area contributed by atoms with Gasteiger partial charge in [0.25, 0.3) is 0 Å². The summed E-state index contributed by atoms with van der Waals surface area (Å²) in [4.78, 5) is 50.5. The quantitative estimate of drug-likeness (QED) is 0.494. The van der Waals surface area contributed by atoms with Crippen LogP contribution in [0.2, 0.25) is 0 Å². The molecule has 0 unspecified atom stereocenters. The number of hydrogen-bond acceptors (Lipinski definition) is 5. The maximum Gasteiger partial charge on any atom is 0.237 e. The topological polar surface area (TPSA) is 92.3 Å². The van der Waals surface area contributed by atoms with E-state index < -0.39 is 11.3 Å². The average Bonchev–Trinajstić information content (AvgIpc) is 3.44. The second-order valence-electron chi connectivity index (χ2n) is 11.1. The zero-order valence-electron chi connectivity index (χ0n) is 22.3. The summed E-state index contributed by atoms with van der Waals surface area (Å²) >= 11 is 0. The summed E-state index contributed by atoms with van der Waals surface area (Å²) in [5, 5.41) is 2.89. The number of amides is 2. The van der Waals surface area contributed by atoms with Crippen molar-refractivity contribution in [3.63, 3.8) is 0 Å².